The third-order valence-electron chi connectivity index (χ3n) is 3.89. The van der Waals surface area contributed by atoms with E-state index in [1.54, 1.807) is 4.90 Å². The highest BCUT2D eigenvalue weighted by Crippen LogP contribution is 2.19. The van der Waals surface area contributed by atoms with Crippen LogP contribution in [0.1, 0.15) is 25.0 Å². The predicted octanol–water partition coefficient (Wildman–Crippen LogP) is 2.57. The topological polar surface area (TPSA) is 45.5 Å². The summed E-state index contributed by atoms with van der Waals surface area (Å²) in [6.07, 6.45) is 2.71. The van der Waals surface area contributed by atoms with Crippen LogP contribution in [0, 0.1) is 6.92 Å². The monoisotopic (exact) mass is 288 g/mol. The molecule has 21 heavy (non-hydrogen) atoms. The zero-order valence-electron chi connectivity index (χ0n) is 12.9. The number of aliphatic hydroxyl groups is 1. The Morgan fingerprint density at radius 2 is 2.00 bits per heavy atom. The van der Waals surface area contributed by atoms with Gasteiger partial charge in [-0.25, -0.2) is 0 Å². The van der Waals surface area contributed by atoms with Crippen molar-refractivity contribution in [2.45, 2.75) is 32.7 Å². The minimum atomic E-state index is 0.128. The summed E-state index contributed by atoms with van der Waals surface area (Å²) in [5.41, 5.74) is 2.22. The Morgan fingerprint density at radius 1 is 1.24 bits per heavy atom. The summed E-state index contributed by atoms with van der Waals surface area (Å²) in [6.45, 7) is 3.40. The van der Waals surface area contributed by atoms with Crippen LogP contribution < -0.4 is 0 Å². The number of hydrogen-bond acceptors (Lipinski definition) is 2. The van der Waals surface area contributed by atoms with Gasteiger partial charge in [-0.3, -0.25) is 4.79 Å². The average Bonchev–Trinajstić information content (AvgIpc) is 2.79. The quantitative estimate of drug-likeness (QED) is 0.796. The van der Waals surface area contributed by atoms with Crippen molar-refractivity contribution >= 4 is 16.8 Å². The van der Waals surface area contributed by atoms with E-state index in [9.17, 15) is 4.79 Å². The lowest BCUT2D eigenvalue weighted by atomic mass is 10.2. The summed E-state index contributed by atoms with van der Waals surface area (Å²) in [4.78, 5) is 14.1. The van der Waals surface area contributed by atoms with Crippen molar-refractivity contribution < 1.29 is 9.90 Å². The molecule has 0 saturated carbocycles. The van der Waals surface area contributed by atoms with E-state index in [1.807, 2.05) is 26.1 Å². The Balaban J connectivity index is 1.99. The van der Waals surface area contributed by atoms with Gasteiger partial charge in [0, 0.05) is 31.4 Å². The minimum absolute atomic E-state index is 0.128. The van der Waals surface area contributed by atoms with Crippen molar-refractivity contribution in [3.05, 3.63) is 36.0 Å². The number of carbonyl (C=O) groups is 1. The Labute approximate surface area is 126 Å². The molecule has 2 aromatic rings. The molecule has 1 aromatic carbocycles. The highest BCUT2D eigenvalue weighted by molar-refractivity contribution is 5.84. The number of para-hydroxylation sites is 1. The van der Waals surface area contributed by atoms with Gasteiger partial charge >= 0.3 is 0 Å². The Morgan fingerprint density at radius 3 is 2.76 bits per heavy atom. The molecule has 114 valence electrons. The number of rotatable bonds is 7. The molecule has 0 unspecified atom stereocenters. The molecular weight excluding hydrogens is 264 g/mol. The lowest BCUT2D eigenvalue weighted by molar-refractivity contribution is -0.130. The molecule has 0 atom stereocenters. The highest BCUT2D eigenvalue weighted by atomic mass is 16.2. The SMILES string of the molecule is Cc1cc2ccccc2n1CC(=O)N(C)CCCCCO. The fourth-order valence-electron chi connectivity index (χ4n) is 2.58. The van der Waals surface area contributed by atoms with Gasteiger partial charge in [0.1, 0.15) is 6.54 Å². The molecule has 0 fully saturated rings. The van der Waals surface area contributed by atoms with Gasteiger partial charge in [0.25, 0.3) is 0 Å². The van der Waals surface area contributed by atoms with E-state index in [1.165, 1.54) is 5.39 Å². The maximum atomic E-state index is 12.3. The molecule has 1 heterocycles. The van der Waals surface area contributed by atoms with Crippen molar-refractivity contribution in [2.24, 2.45) is 0 Å². The van der Waals surface area contributed by atoms with E-state index in [0.717, 1.165) is 37.0 Å². The van der Waals surface area contributed by atoms with Crippen molar-refractivity contribution in [3.63, 3.8) is 0 Å². The number of likely N-dealkylation sites (N-methyl/N-ethyl adjacent to an activating group) is 1. The lowest BCUT2D eigenvalue weighted by Gasteiger charge is -2.18. The standard InChI is InChI=1S/C17H24N2O2/c1-14-12-15-8-4-5-9-16(15)19(14)13-17(21)18(2)10-6-3-7-11-20/h4-5,8-9,12,20H,3,6-7,10-11,13H2,1-2H3. The molecule has 0 aliphatic rings. The van der Waals surface area contributed by atoms with Gasteiger partial charge in [-0.1, -0.05) is 18.2 Å². The average molecular weight is 288 g/mol. The van der Waals surface area contributed by atoms with Gasteiger partial charge in [-0.2, -0.15) is 0 Å². The van der Waals surface area contributed by atoms with Crippen LogP contribution in [0.5, 0.6) is 0 Å². The van der Waals surface area contributed by atoms with Gasteiger partial charge in [-0.15, -0.1) is 0 Å². The molecule has 4 heteroatoms. The summed E-state index contributed by atoms with van der Waals surface area (Å²) in [7, 11) is 1.85. The molecule has 0 aliphatic carbocycles. The number of benzene rings is 1. The van der Waals surface area contributed by atoms with E-state index in [2.05, 4.69) is 22.8 Å². The van der Waals surface area contributed by atoms with Gasteiger partial charge < -0.3 is 14.6 Å². The van der Waals surface area contributed by atoms with Gasteiger partial charge in [0.05, 0.1) is 0 Å². The maximum Gasteiger partial charge on any atom is 0.242 e. The molecule has 1 aromatic heterocycles. The number of carbonyl (C=O) groups excluding carboxylic acids is 1. The smallest absolute Gasteiger partial charge is 0.242 e. The number of aliphatic hydroxyl groups excluding tert-OH is 1. The number of unbranched alkanes of at least 4 members (excludes halogenated alkanes) is 2. The highest BCUT2D eigenvalue weighted by Gasteiger charge is 2.12. The molecular formula is C17H24N2O2. The summed E-state index contributed by atoms with van der Waals surface area (Å²) < 4.78 is 2.07. The van der Waals surface area contributed by atoms with Crippen molar-refractivity contribution in [1.82, 2.24) is 9.47 Å². The van der Waals surface area contributed by atoms with Crippen LogP contribution in [0.3, 0.4) is 0 Å². The molecule has 0 bridgehead atoms. The Bertz CT molecular complexity index is 604. The summed E-state index contributed by atoms with van der Waals surface area (Å²) in [5, 5.41) is 9.93. The second-order valence-corrected chi connectivity index (χ2v) is 5.53. The fraction of sp³-hybridized carbons (Fsp3) is 0.471. The van der Waals surface area contributed by atoms with E-state index in [4.69, 9.17) is 5.11 Å². The molecule has 0 saturated heterocycles. The van der Waals surface area contributed by atoms with Crippen LogP contribution in [0.2, 0.25) is 0 Å². The largest absolute Gasteiger partial charge is 0.396 e. The first kappa shape index (κ1) is 15.6. The van der Waals surface area contributed by atoms with Gasteiger partial charge in [0.15, 0.2) is 0 Å². The van der Waals surface area contributed by atoms with Crippen LogP contribution >= 0.6 is 0 Å². The van der Waals surface area contributed by atoms with Crippen LogP contribution in [-0.2, 0) is 11.3 Å². The van der Waals surface area contributed by atoms with Crippen LogP contribution in [0.15, 0.2) is 30.3 Å². The van der Waals surface area contributed by atoms with E-state index in [-0.39, 0.29) is 12.5 Å². The molecule has 0 aliphatic heterocycles. The van der Waals surface area contributed by atoms with Crippen LogP contribution in [0.25, 0.3) is 10.9 Å². The second kappa shape index (κ2) is 7.27. The molecule has 2 rings (SSSR count). The zero-order valence-corrected chi connectivity index (χ0v) is 12.9. The summed E-state index contributed by atoms with van der Waals surface area (Å²) >= 11 is 0. The molecule has 1 amide bonds. The first-order valence-electron chi connectivity index (χ1n) is 7.53. The number of hydrogen-bond donors (Lipinski definition) is 1. The Hall–Kier alpha value is -1.81. The number of aryl methyl sites for hydroxylation is 1. The lowest BCUT2D eigenvalue weighted by Crippen LogP contribution is -2.31. The molecule has 0 spiro atoms. The van der Waals surface area contributed by atoms with Crippen molar-refractivity contribution in [2.75, 3.05) is 20.2 Å². The normalized spacial score (nSPS) is 11.0. The van der Waals surface area contributed by atoms with E-state index < -0.39 is 0 Å². The van der Waals surface area contributed by atoms with Gasteiger partial charge in [-0.05, 0) is 43.7 Å². The van der Waals surface area contributed by atoms with Crippen LogP contribution in [0.4, 0.5) is 0 Å². The first-order valence-corrected chi connectivity index (χ1v) is 7.53. The fourth-order valence-corrected chi connectivity index (χ4v) is 2.58. The molecule has 1 N–H and O–H groups in total. The van der Waals surface area contributed by atoms with Crippen molar-refractivity contribution in [1.29, 1.82) is 0 Å². The number of fused-ring (bicyclic) bond motifs is 1. The van der Waals surface area contributed by atoms with E-state index >= 15 is 0 Å². The predicted molar refractivity (Wildman–Crippen MR) is 85.2 cm³/mol. The molecule has 4 nitrogen and oxygen atoms in total. The third kappa shape index (κ3) is 3.85. The number of nitrogens with zero attached hydrogens (tertiary/aromatic N) is 2. The second-order valence-electron chi connectivity index (χ2n) is 5.53. The summed E-state index contributed by atoms with van der Waals surface area (Å²) in [5.74, 6) is 0.128. The van der Waals surface area contributed by atoms with E-state index in [0.29, 0.717) is 6.54 Å². The first-order chi connectivity index (χ1) is 10.1. The number of amides is 1. The van der Waals surface area contributed by atoms with Gasteiger partial charge in [0.2, 0.25) is 5.91 Å². The maximum absolute atomic E-state index is 12.3. The zero-order chi connectivity index (χ0) is 15.2. The number of aromatic nitrogens is 1. The van der Waals surface area contributed by atoms with Crippen LogP contribution in [-0.4, -0.2) is 40.7 Å². The summed E-state index contributed by atoms with van der Waals surface area (Å²) in [6, 6.07) is 10.3. The minimum Gasteiger partial charge on any atom is -0.396 e. The Kier molecular flexibility index (Phi) is 5.39. The van der Waals surface area contributed by atoms with Crippen molar-refractivity contribution in [3.8, 4) is 0 Å². The third-order valence-corrected chi connectivity index (χ3v) is 3.89. The molecule has 0 radical (unpaired) electrons.